The van der Waals surface area contributed by atoms with Gasteiger partial charge in [0.05, 0.1) is 15.7 Å². The summed E-state index contributed by atoms with van der Waals surface area (Å²) in [5.74, 6) is 0.107. The second-order valence-electron chi connectivity index (χ2n) is 7.40. The van der Waals surface area contributed by atoms with Gasteiger partial charge in [0.25, 0.3) is 5.91 Å². The van der Waals surface area contributed by atoms with Crippen LogP contribution in [0.3, 0.4) is 0 Å². The molecule has 1 saturated heterocycles. The van der Waals surface area contributed by atoms with E-state index in [0.717, 1.165) is 25.9 Å². The third kappa shape index (κ3) is 4.82. The molecule has 0 bridgehead atoms. The minimum Gasteiger partial charge on any atom is -0.352 e. The topological polar surface area (TPSA) is 66.5 Å². The Morgan fingerprint density at radius 2 is 1.92 bits per heavy atom. The van der Waals surface area contributed by atoms with Gasteiger partial charge in [-0.2, -0.15) is 0 Å². The second kappa shape index (κ2) is 8.32. The lowest BCUT2D eigenvalue weighted by molar-refractivity contribution is 0.0919. The molecule has 0 radical (unpaired) electrons. The van der Waals surface area contributed by atoms with Crippen LogP contribution < -0.4 is 5.32 Å². The lowest BCUT2D eigenvalue weighted by Gasteiger charge is -2.35. The van der Waals surface area contributed by atoms with E-state index in [4.69, 9.17) is 0 Å². The third-order valence-electron chi connectivity index (χ3n) is 4.89. The summed E-state index contributed by atoms with van der Waals surface area (Å²) in [5.41, 5.74) is 0.243. The van der Waals surface area contributed by atoms with E-state index in [1.807, 2.05) is 0 Å². The van der Waals surface area contributed by atoms with Gasteiger partial charge in [0, 0.05) is 19.1 Å². The number of sulfone groups is 1. The van der Waals surface area contributed by atoms with Gasteiger partial charge < -0.3 is 10.2 Å². The molecular formula is C19H30N2O3S. The van der Waals surface area contributed by atoms with Gasteiger partial charge in [-0.3, -0.25) is 4.79 Å². The van der Waals surface area contributed by atoms with E-state index in [9.17, 15) is 13.2 Å². The first-order chi connectivity index (χ1) is 11.7. The van der Waals surface area contributed by atoms with Crippen LogP contribution in [0.15, 0.2) is 29.2 Å². The molecule has 0 saturated carbocycles. The van der Waals surface area contributed by atoms with Crippen molar-refractivity contribution < 1.29 is 13.2 Å². The van der Waals surface area contributed by atoms with Crippen LogP contribution >= 0.6 is 0 Å². The third-order valence-corrected chi connectivity index (χ3v) is 7.10. The largest absolute Gasteiger partial charge is 0.352 e. The molecule has 1 N–H and O–H groups in total. The Labute approximate surface area is 151 Å². The number of benzene rings is 1. The molecule has 140 valence electrons. The Bertz CT molecular complexity index is 698. The summed E-state index contributed by atoms with van der Waals surface area (Å²) in [5, 5.41) is 2.39. The van der Waals surface area contributed by atoms with E-state index >= 15 is 0 Å². The van der Waals surface area contributed by atoms with Crippen molar-refractivity contribution in [2.75, 3.05) is 19.6 Å². The maximum absolute atomic E-state index is 12.6. The van der Waals surface area contributed by atoms with Gasteiger partial charge in [0.2, 0.25) is 0 Å². The Balaban J connectivity index is 2.07. The van der Waals surface area contributed by atoms with Crippen LogP contribution in [0.5, 0.6) is 0 Å². The predicted octanol–water partition coefficient (Wildman–Crippen LogP) is 2.72. The van der Waals surface area contributed by atoms with E-state index in [2.05, 4.69) is 24.1 Å². The molecule has 0 spiro atoms. The highest BCUT2D eigenvalue weighted by molar-refractivity contribution is 7.92. The lowest BCUT2D eigenvalue weighted by Crippen LogP contribution is -2.43. The maximum Gasteiger partial charge on any atom is 0.252 e. The van der Waals surface area contributed by atoms with Crippen LogP contribution in [0.4, 0.5) is 0 Å². The Hall–Kier alpha value is -1.40. The van der Waals surface area contributed by atoms with E-state index in [-0.39, 0.29) is 16.4 Å². The molecule has 0 aromatic heterocycles. The fraction of sp³-hybridized carbons (Fsp3) is 0.632. The SMILES string of the molecule is CC(C)N1CCCC(CNC(=O)c2ccccc2S(=O)(=O)C(C)C)C1. The normalized spacial score (nSPS) is 19.4. The fourth-order valence-electron chi connectivity index (χ4n) is 3.22. The molecule has 1 atom stereocenters. The number of nitrogens with one attached hydrogen (secondary N) is 1. The number of hydrogen-bond donors (Lipinski definition) is 1. The minimum absolute atomic E-state index is 0.120. The molecule has 1 aromatic carbocycles. The molecule has 25 heavy (non-hydrogen) atoms. The monoisotopic (exact) mass is 366 g/mol. The van der Waals surface area contributed by atoms with E-state index < -0.39 is 15.1 Å². The van der Waals surface area contributed by atoms with Crippen molar-refractivity contribution in [2.45, 2.75) is 56.7 Å². The molecule has 1 unspecified atom stereocenters. The molecule has 1 aliphatic rings. The van der Waals surface area contributed by atoms with Crippen LogP contribution in [0.1, 0.15) is 50.9 Å². The number of rotatable bonds is 6. The Morgan fingerprint density at radius 1 is 1.24 bits per heavy atom. The summed E-state index contributed by atoms with van der Waals surface area (Å²) in [6, 6.07) is 6.98. The van der Waals surface area contributed by atoms with Gasteiger partial charge in [-0.15, -0.1) is 0 Å². The van der Waals surface area contributed by atoms with Gasteiger partial charge >= 0.3 is 0 Å². The van der Waals surface area contributed by atoms with Gasteiger partial charge in [-0.1, -0.05) is 12.1 Å². The standard InChI is InChI=1S/C19H30N2O3S/c1-14(2)21-11-7-8-16(13-21)12-20-19(22)17-9-5-6-10-18(17)25(23,24)15(3)4/h5-6,9-10,14-16H,7-8,11-13H2,1-4H3,(H,20,22). The van der Waals surface area contributed by atoms with Crippen LogP contribution in [0.2, 0.25) is 0 Å². The average molecular weight is 367 g/mol. The van der Waals surface area contributed by atoms with Crippen molar-refractivity contribution in [1.82, 2.24) is 10.2 Å². The van der Waals surface area contributed by atoms with Crippen molar-refractivity contribution in [3.05, 3.63) is 29.8 Å². The summed E-state index contributed by atoms with van der Waals surface area (Å²) in [4.78, 5) is 15.2. The number of nitrogens with zero attached hydrogens (tertiary/aromatic N) is 1. The molecule has 1 fully saturated rings. The van der Waals surface area contributed by atoms with E-state index in [1.54, 1.807) is 32.0 Å². The number of piperidine rings is 1. The van der Waals surface area contributed by atoms with Gasteiger partial charge in [0.1, 0.15) is 0 Å². The zero-order valence-corrected chi connectivity index (χ0v) is 16.5. The Morgan fingerprint density at radius 3 is 2.56 bits per heavy atom. The molecule has 5 nitrogen and oxygen atoms in total. The van der Waals surface area contributed by atoms with Gasteiger partial charge in [0.15, 0.2) is 9.84 Å². The van der Waals surface area contributed by atoms with Crippen molar-refractivity contribution in [3.8, 4) is 0 Å². The van der Waals surface area contributed by atoms with Gasteiger partial charge in [-0.05, 0) is 65.1 Å². The van der Waals surface area contributed by atoms with Crippen LogP contribution in [-0.4, -0.2) is 50.2 Å². The zero-order valence-electron chi connectivity index (χ0n) is 15.7. The quantitative estimate of drug-likeness (QED) is 0.841. The number of amides is 1. The van der Waals surface area contributed by atoms with Crippen molar-refractivity contribution in [3.63, 3.8) is 0 Å². The molecule has 1 aromatic rings. The highest BCUT2D eigenvalue weighted by atomic mass is 32.2. The predicted molar refractivity (Wildman–Crippen MR) is 101 cm³/mol. The fourth-order valence-corrected chi connectivity index (χ4v) is 4.46. The smallest absolute Gasteiger partial charge is 0.252 e. The molecule has 2 rings (SSSR count). The summed E-state index contributed by atoms with van der Waals surface area (Å²) in [6.45, 7) is 10.3. The molecule has 1 amide bonds. The van der Waals surface area contributed by atoms with Crippen LogP contribution in [-0.2, 0) is 9.84 Å². The van der Waals surface area contributed by atoms with Crippen molar-refractivity contribution in [2.24, 2.45) is 5.92 Å². The van der Waals surface area contributed by atoms with E-state index in [0.29, 0.717) is 18.5 Å². The van der Waals surface area contributed by atoms with Crippen molar-refractivity contribution in [1.29, 1.82) is 0 Å². The molecule has 1 aliphatic heterocycles. The summed E-state index contributed by atoms with van der Waals surface area (Å²) >= 11 is 0. The molecular weight excluding hydrogens is 336 g/mol. The van der Waals surface area contributed by atoms with Crippen molar-refractivity contribution >= 4 is 15.7 Å². The zero-order chi connectivity index (χ0) is 18.6. The van der Waals surface area contributed by atoms with Gasteiger partial charge in [-0.25, -0.2) is 8.42 Å². The summed E-state index contributed by atoms with van der Waals surface area (Å²) in [6.07, 6.45) is 2.23. The lowest BCUT2D eigenvalue weighted by atomic mass is 9.97. The minimum atomic E-state index is -3.48. The Kier molecular flexibility index (Phi) is 6.63. The highest BCUT2D eigenvalue weighted by Gasteiger charge is 2.26. The molecule has 0 aliphatic carbocycles. The van der Waals surface area contributed by atoms with Crippen LogP contribution in [0.25, 0.3) is 0 Å². The first-order valence-electron chi connectivity index (χ1n) is 9.08. The van der Waals surface area contributed by atoms with Crippen LogP contribution in [0, 0.1) is 5.92 Å². The number of hydrogen-bond acceptors (Lipinski definition) is 4. The first kappa shape index (κ1) is 19.9. The number of likely N-dealkylation sites (tertiary alicyclic amines) is 1. The second-order valence-corrected chi connectivity index (χ2v) is 9.87. The number of carbonyl (C=O) groups is 1. The first-order valence-corrected chi connectivity index (χ1v) is 10.6. The summed E-state index contributed by atoms with van der Waals surface area (Å²) < 4.78 is 25.0. The highest BCUT2D eigenvalue weighted by Crippen LogP contribution is 2.21. The van der Waals surface area contributed by atoms with E-state index in [1.165, 1.54) is 6.07 Å². The molecule has 1 heterocycles. The summed E-state index contributed by atoms with van der Waals surface area (Å²) in [7, 11) is -3.48. The molecule has 6 heteroatoms. The average Bonchev–Trinajstić information content (AvgIpc) is 2.59. The maximum atomic E-state index is 12.6. The number of carbonyl (C=O) groups excluding carboxylic acids is 1.